The number of rotatable bonds is 5. The number of hydrogen-bond donors (Lipinski definition) is 0. The van der Waals surface area contributed by atoms with Crippen molar-refractivity contribution in [3.05, 3.63) is 40.5 Å². The number of aromatic nitrogens is 2. The van der Waals surface area contributed by atoms with E-state index in [2.05, 4.69) is 25.8 Å². The molecule has 1 fully saturated rings. The first-order valence-corrected chi connectivity index (χ1v) is 10.6. The summed E-state index contributed by atoms with van der Waals surface area (Å²) < 4.78 is 10.7. The second-order valence-electron chi connectivity index (χ2n) is 6.51. The lowest BCUT2D eigenvalue weighted by Crippen LogP contribution is -2.47. The molecule has 0 bridgehead atoms. The average Bonchev–Trinajstić information content (AvgIpc) is 3.17. The molecule has 0 amide bonds. The fraction of sp³-hybridized carbons (Fsp3) is 0.350. The zero-order valence-electron chi connectivity index (χ0n) is 16.2. The number of hydrogen-bond acceptors (Lipinski definition) is 8. The summed E-state index contributed by atoms with van der Waals surface area (Å²) in [5.74, 6) is 1.18. The van der Waals surface area contributed by atoms with E-state index in [1.54, 1.807) is 19.4 Å². The first-order valence-electron chi connectivity index (χ1n) is 9.37. The molecule has 7 nitrogen and oxygen atoms in total. The van der Waals surface area contributed by atoms with E-state index in [1.807, 2.05) is 18.2 Å². The van der Waals surface area contributed by atoms with Crippen LogP contribution in [0.1, 0.15) is 17.3 Å². The molecule has 0 N–H and O–H groups in total. The Morgan fingerprint density at radius 3 is 2.62 bits per heavy atom. The van der Waals surface area contributed by atoms with Crippen molar-refractivity contribution >= 4 is 50.6 Å². The van der Waals surface area contributed by atoms with Gasteiger partial charge < -0.3 is 19.3 Å². The van der Waals surface area contributed by atoms with E-state index < -0.39 is 0 Å². The predicted molar refractivity (Wildman–Crippen MR) is 116 cm³/mol. The number of carbonyl (C=O) groups excluding carboxylic acids is 1. The SMILES string of the molecule is CCOC(=O)c1csc2nc(Cl)nc(N3CCN(c4ccccc4OC)CC3)c12. The van der Waals surface area contributed by atoms with E-state index in [0.717, 1.165) is 37.6 Å². The smallest absolute Gasteiger partial charge is 0.339 e. The molecule has 3 heterocycles. The third-order valence-corrected chi connectivity index (χ3v) is 5.93. The summed E-state index contributed by atoms with van der Waals surface area (Å²) in [7, 11) is 1.68. The van der Waals surface area contributed by atoms with Crippen molar-refractivity contribution in [3.63, 3.8) is 0 Å². The van der Waals surface area contributed by atoms with Crippen molar-refractivity contribution < 1.29 is 14.3 Å². The van der Waals surface area contributed by atoms with E-state index in [0.29, 0.717) is 28.2 Å². The standard InChI is InChI=1S/C20H21ClN4O3S/c1-3-28-19(26)13-12-29-18-16(13)17(22-20(21)23-18)25-10-8-24(9-11-25)14-6-4-5-7-15(14)27-2/h4-7,12H,3,8-11H2,1-2H3. The van der Waals surface area contributed by atoms with Crippen LogP contribution in [0.25, 0.3) is 10.2 Å². The summed E-state index contributed by atoms with van der Waals surface area (Å²) in [6, 6.07) is 8.00. The molecule has 4 rings (SSSR count). The van der Waals surface area contributed by atoms with Gasteiger partial charge in [0.15, 0.2) is 0 Å². The number of ether oxygens (including phenoxy) is 2. The molecule has 1 aliphatic heterocycles. The average molecular weight is 433 g/mol. The molecule has 2 aromatic heterocycles. The van der Waals surface area contributed by atoms with Crippen LogP contribution in [0.5, 0.6) is 5.75 Å². The van der Waals surface area contributed by atoms with Crippen LogP contribution in [0.2, 0.25) is 5.28 Å². The number of piperazine rings is 1. The number of halogens is 1. The van der Waals surface area contributed by atoms with Gasteiger partial charge in [-0.15, -0.1) is 11.3 Å². The molecular formula is C20H21ClN4O3S. The van der Waals surface area contributed by atoms with Crippen molar-refractivity contribution in [2.75, 3.05) is 49.7 Å². The maximum absolute atomic E-state index is 12.4. The number of esters is 1. The van der Waals surface area contributed by atoms with Gasteiger partial charge in [-0.3, -0.25) is 0 Å². The highest BCUT2D eigenvalue weighted by molar-refractivity contribution is 7.17. The number of para-hydroxylation sites is 2. The van der Waals surface area contributed by atoms with Crippen molar-refractivity contribution in [2.45, 2.75) is 6.92 Å². The van der Waals surface area contributed by atoms with Crippen LogP contribution in [0.3, 0.4) is 0 Å². The Kier molecular flexibility index (Phi) is 5.73. The van der Waals surface area contributed by atoms with Crippen LogP contribution in [0.15, 0.2) is 29.6 Å². The van der Waals surface area contributed by atoms with Crippen LogP contribution in [-0.4, -0.2) is 55.8 Å². The summed E-state index contributed by atoms with van der Waals surface area (Å²) in [6.07, 6.45) is 0. The number of carbonyl (C=O) groups is 1. The minimum Gasteiger partial charge on any atom is -0.495 e. The number of benzene rings is 1. The summed E-state index contributed by atoms with van der Waals surface area (Å²) >= 11 is 7.54. The Labute approximate surface area is 177 Å². The topological polar surface area (TPSA) is 67.8 Å². The zero-order valence-corrected chi connectivity index (χ0v) is 17.8. The van der Waals surface area contributed by atoms with E-state index in [-0.39, 0.29) is 11.3 Å². The minimum atomic E-state index is -0.362. The zero-order chi connectivity index (χ0) is 20.4. The van der Waals surface area contributed by atoms with Gasteiger partial charge >= 0.3 is 5.97 Å². The monoisotopic (exact) mass is 432 g/mol. The molecule has 1 aromatic carbocycles. The first kappa shape index (κ1) is 19.7. The lowest BCUT2D eigenvalue weighted by molar-refractivity contribution is 0.0529. The Balaban J connectivity index is 1.63. The summed E-state index contributed by atoms with van der Waals surface area (Å²) in [5.41, 5.74) is 1.56. The quantitative estimate of drug-likeness (QED) is 0.448. The molecule has 0 radical (unpaired) electrons. The van der Waals surface area contributed by atoms with Crippen LogP contribution < -0.4 is 14.5 Å². The van der Waals surface area contributed by atoms with E-state index in [4.69, 9.17) is 21.1 Å². The molecule has 0 aliphatic carbocycles. The van der Waals surface area contributed by atoms with Gasteiger partial charge in [0.05, 0.1) is 30.4 Å². The van der Waals surface area contributed by atoms with Gasteiger partial charge in [-0.25, -0.2) is 9.78 Å². The van der Waals surface area contributed by atoms with E-state index in [9.17, 15) is 4.79 Å². The Morgan fingerprint density at radius 1 is 1.17 bits per heavy atom. The van der Waals surface area contributed by atoms with Crippen LogP contribution >= 0.6 is 22.9 Å². The number of thiophene rings is 1. The Morgan fingerprint density at radius 2 is 1.90 bits per heavy atom. The molecule has 0 saturated carbocycles. The van der Waals surface area contributed by atoms with E-state index in [1.165, 1.54) is 11.3 Å². The highest BCUT2D eigenvalue weighted by Crippen LogP contribution is 2.35. The highest BCUT2D eigenvalue weighted by Gasteiger charge is 2.26. The summed E-state index contributed by atoms with van der Waals surface area (Å²) in [6.45, 7) is 5.16. The summed E-state index contributed by atoms with van der Waals surface area (Å²) in [5, 5.41) is 2.66. The maximum Gasteiger partial charge on any atom is 0.339 e. The van der Waals surface area contributed by atoms with Crippen molar-refractivity contribution in [2.24, 2.45) is 0 Å². The molecule has 152 valence electrons. The fourth-order valence-corrected chi connectivity index (χ4v) is 4.65. The molecule has 1 aliphatic rings. The van der Waals surface area contributed by atoms with Gasteiger partial charge in [0.1, 0.15) is 16.4 Å². The fourth-order valence-electron chi connectivity index (χ4n) is 3.54. The van der Waals surface area contributed by atoms with Crippen LogP contribution in [0, 0.1) is 0 Å². The number of nitrogens with zero attached hydrogens (tertiary/aromatic N) is 4. The van der Waals surface area contributed by atoms with Gasteiger partial charge in [0.25, 0.3) is 0 Å². The molecule has 0 spiro atoms. The van der Waals surface area contributed by atoms with Gasteiger partial charge in [0.2, 0.25) is 5.28 Å². The molecule has 29 heavy (non-hydrogen) atoms. The molecule has 3 aromatic rings. The lowest BCUT2D eigenvalue weighted by Gasteiger charge is -2.37. The predicted octanol–water partition coefficient (Wildman–Crippen LogP) is 3.86. The summed E-state index contributed by atoms with van der Waals surface area (Å²) in [4.78, 5) is 26.3. The number of anilines is 2. The Bertz CT molecular complexity index is 1030. The second-order valence-corrected chi connectivity index (χ2v) is 7.71. The third kappa shape index (κ3) is 3.82. The molecule has 0 unspecified atom stereocenters. The van der Waals surface area contributed by atoms with Gasteiger partial charge in [0, 0.05) is 31.6 Å². The normalized spacial score (nSPS) is 14.3. The second kappa shape index (κ2) is 8.42. The van der Waals surface area contributed by atoms with Gasteiger partial charge in [-0.05, 0) is 30.7 Å². The minimum absolute atomic E-state index is 0.178. The van der Waals surface area contributed by atoms with Gasteiger partial charge in [-0.2, -0.15) is 4.98 Å². The highest BCUT2D eigenvalue weighted by atomic mass is 35.5. The Hall–Kier alpha value is -2.58. The maximum atomic E-state index is 12.4. The lowest BCUT2D eigenvalue weighted by atomic mass is 10.2. The molecule has 0 atom stereocenters. The number of fused-ring (bicyclic) bond motifs is 1. The van der Waals surface area contributed by atoms with Crippen molar-refractivity contribution in [3.8, 4) is 5.75 Å². The van der Waals surface area contributed by atoms with E-state index >= 15 is 0 Å². The van der Waals surface area contributed by atoms with Crippen molar-refractivity contribution in [1.82, 2.24) is 9.97 Å². The first-order chi connectivity index (χ1) is 14.1. The van der Waals surface area contributed by atoms with Crippen LogP contribution in [0.4, 0.5) is 11.5 Å². The molecular weight excluding hydrogens is 412 g/mol. The van der Waals surface area contributed by atoms with Crippen molar-refractivity contribution in [1.29, 1.82) is 0 Å². The third-order valence-electron chi connectivity index (χ3n) is 4.89. The van der Waals surface area contributed by atoms with Crippen LogP contribution in [-0.2, 0) is 4.74 Å². The largest absolute Gasteiger partial charge is 0.495 e. The number of methoxy groups -OCH3 is 1. The molecule has 9 heteroatoms. The van der Waals surface area contributed by atoms with Gasteiger partial charge in [-0.1, -0.05) is 12.1 Å². The molecule has 1 saturated heterocycles.